The molecule has 0 unspecified atom stereocenters. The number of hydrogen-bond acceptors (Lipinski definition) is 2. The van der Waals surface area contributed by atoms with Gasteiger partial charge >= 0.3 is 29.5 Å². The van der Waals surface area contributed by atoms with Crippen molar-refractivity contribution in [3.05, 3.63) is 0 Å². The Labute approximate surface area is 76.6 Å². The Morgan fingerprint density at radius 3 is 1.09 bits per heavy atom. The summed E-state index contributed by atoms with van der Waals surface area (Å²) in [4.78, 5) is 18.7. The van der Waals surface area contributed by atoms with Crippen molar-refractivity contribution in [1.29, 1.82) is 0 Å². The van der Waals surface area contributed by atoms with Crippen LogP contribution in [0.3, 0.4) is 0 Å². The molecule has 0 aliphatic rings. The van der Waals surface area contributed by atoms with Gasteiger partial charge < -0.3 is 10.2 Å². The van der Waals surface area contributed by atoms with Crippen LogP contribution in [0.5, 0.6) is 0 Å². The van der Waals surface area contributed by atoms with Crippen LogP contribution in [0.15, 0.2) is 0 Å². The van der Waals surface area contributed by atoms with Crippen molar-refractivity contribution in [2.75, 3.05) is 0 Å². The topological polar surface area (TPSA) is 74.6 Å². The Kier molecular flexibility index (Phi) is 18.7. The molecule has 0 rings (SSSR count). The zero-order chi connectivity index (χ0) is 8.57. The minimum atomic E-state index is -0.745. The molecule has 0 saturated carbocycles. The second-order valence-corrected chi connectivity index (χ2v) is 1.49. The van der Waals surface area contributed by atoms with Crippen molar-refractivity contribution >= 4 is 29.5 Å². The normalized spacial score (nSPS) is 6.73. The zero-order valence-corrected chi connectivity index (χ0v) is 6.13. The average Bonchev–Trinajstić information content (AvgIpc) is 1.89. The molecule has 0 atom stereocenters. The van der Waals surface area contributed by atoms with Gasteiger partial charge in [0.25, 0.3) is 0 Å². The van der Waals surface area contributed by atoms with E-state index >= 15 is 0 Å². The summed E-state index contributed by atoms with van der Waals surface area (Å²) in [6.45, 7) is 3.20. The molecular formula is C6H16GeO4. The van der Waals surface area contributed by atoms with Gasteiger partial charge in [0, 0.05) is 12.8 Å². The SMILES string of the molecule is CCC(=O)O.CCC(=O)O.[GeH4]. The predicted molar refractivity (Wildman–Crippen MR) is 47.2 cm³/mol. The molecule has 0 aromatic rings. The van der Waals surface area contributed by atoms with E-state index in [9.17, 15) is 9.59 Å². The molecule has 0 aliphatic carbocycles. The van der Waals surface area contributed by atoms with E-state index in [0.29, 0.717) is 0 Å². The second kappa shape index (κ2) is 12.2. The Balaban J connectivity index is -0.000000107. The summed E-state index contributed by atoms with van der Waals surface area (Å²) in [5, 5.41) is 15.4. The van der Waals surface area contributed by atoms with E-state index in [0.717, 1.165) is 0 Å². The van der Waals surface area contributed by atoms with Gasteiger partial charge in [0.2, 0.25) is 0 Å². The van der Waals surface area contributed by atoms with Crippen LogP contribution >= 0.6 is 0 Å². The first-order chi connectivity index (χ1) is 4.54. The van der Waals surface area contributed by atoms with Gasteiger partial charge in [-0.25, -0.2) is 0 Å². The molecular weight excluding hydrogens is 209 g/mol. The molecule has 0 amide bonds. The molecule has 0 aromatic carbocycles. The average molecular weight is 225 g/mol. The van der Waals surface area contributed by atoms with E-state index in [1.165, 1.54) is 0 Å². The van der Waals surface area contributed by atoms with Crippen LogP contribution in [0, 0.1) is 0 Å². The van der Waals surface area contributed by atoms with E-state index in [4.69, 9.17) is 10.2 Å². The monoisotopic (exact) mass is 226 g/mol. The quantitative estimate of drug-likeness (QED) is 0.621. The van der Waals surface area contributed by atoms with Crippen LogP contribution in [-0.4, -0.2) is 39.7 Å². The van der Waals surface area contributed by atoms with Gasteiger partial charge in [0.15, 0.2) is 0 Å². The van der Waals surface area contributed by atoms with Crippen molar-refractivity contribution in [2.45, 2.75) is 26.7 Å². The summed E-state index contributed by atoms with van der Waals surface area (Å²) < 4.78 is 0. The molecule has 0 aliphatic heterocycles. The van der Waals surface area contributed by atoms with Crippen LogP contribution < -0.4 is 0 Å². The summed E-state index contributed by atoms with van der Waals surface area (Å²) in [6.07, 6.45) is 0.444. The van der Waals surface area contributed by atoms with Gasteiger partial charge in [0.1, 0.15) is 0 Å². The summed E-state index contributed by atoms with van der Waals surface area (Å²) in [5.74, 6) is -1.49. The van der Waals surface area contributed by atoms with E-state index in [2.05, 4.69) is 0 Å². The molecule has 11 heavy (non-hydrogen) atoms. The molecule has 0 fully saturated rings. The molecule has 2 N–H and O–H groups in total. The fourth-order valence-corrected chi connectivity index (χ4v) is 0. The van der Waals surface area contributed by atoms with Crippen LogP contribution in [0.25, 0.3) is 0 Å². The third-order valence-electron chi connectivity index (χ3n) is 0.605. The summed E-state index contributed by atoms with van der Waals surface area (Å²) in [6, 6.07) is 0. The van der Waals surface area contributed by atoms with Gasteiger partial charge in [-0.3, -0.25) is 9.59 Å². The fourth-order valence-electron chi connectivity index (χ4n) is 0. The molecule has 5 heteroatoms. The van der Waals surface area contributed by atoms with Crippen LogP contribution in [0.2, 0.25) is 0 Å². The van der Waals surface area contributed by atoms with Crippen LogP contribution in [-0.2, 0) is 9.59 Å². The van der Waals surface area contributed by atoms with E-state index in [1.54, 1.807) is 13.8 Å². The first-order valence-corrected chi connectivity index (χ1v) is 2.98. The fraction of sp³-hybridized carbons (Fsp3) is 0.667. The van der Waals surface area contributed by atoms with Crippen molar-refractivity contribution in [2.24, 2.45) is 0 Å². The molecule has 0 radical (unpaired) electrons. The van der Waals surface area contributed by atoms with Gasteiger partial charge in [-0.15, -0.1) is 0 Å². The zero-order valence-electron chi connectivity index (χ0n) is 6.13. The van der Waals surface area contributed by atoms with Gasteiger partial charge in [-0.1, -0.05) is 13.8 Å². The molecule has 0 saturated heterocycles. The number of rotatable bonds is 2. The van der Waals surface area contributed by atoms with Gasteiger partial charge in [-0.05, 0) is 0 Å². The van der Waals surface area contributed by atoms with Crippen LogP contribution in [0.4, 0.5) is 0 Å². The van der Waals surface area contributed by atoms with Crippen molar-refractivity contribution in [3.8, 4) is 0 Å². The van der Waals surface area contributed by atoms with Crippen molar-refractivity contribution < 1.29 is 19.8 Å². The van der Waals surface area contributed by atoms with E-state index in [1.807, 2.05) is 0 Å². The molecule has 0 spiro atoms. The first kappa shape index (κ1) is 16.8. The van der Waals surface area contributed by atoms with Crippen molar-refractivity contribution in [1.82, 2.24) is 0 Å². The number of aliphatic carboxylic acids is 2. The van der Waals surface area contributed by atoms with Gasteiger partial charge in [-0.2, -0.15) is 0 Å². The van der Waals surface area contributed by atoms with Crippen molar-refractivity contribution in [3.63, 3.8) is 0 Å². The van der Waals surface area contributed by atoms with E-state index < -0.39 is 11.9 Å². The second-order valence-electron chi connectivity index (χ2n) is 1.49. The van der Waals surface area contributed by atoms with Crippen LogP contribution in [0.1, 0.15) is 26.7 Å². The number of hydrogen-bond donors (Lipinski definition) is 2. The first-order valence-electron chi connectivity index (χ1n) is 2.98. The molecule has 68 valence electrons. The number of carbonyl (C=O) groups is 2. The maximum absolute atomic E-state index is 9.37. The Morgan fingerprint density at radius 2 is 1.09 bits per heavy atom. The maximum atomic E-state index is 9.37. The Morgan fingerprint density at radius 1 is 1.00 bits per heavy atom. The molecule has 0 heterocycles. The third kappa shape index (κ3) is 43.8. The minimum absolute atomic E-state index is 0. The predicted octanol–water partition coefficient (Wildman–Crippen LogP) is -0.490. The standard InChI is InChI=1S/2C3H6O2.GeH4/c2*1-2-3(4)5;/h2*2H2,1H3,(H,4,5);1H4. The molecule has 0 bridgehead atoms. The molecule has 4 nitrogen and oxygen atoms in total. The van der Waals surface area contributed by atoms with E-state index in [-0.39, 0.29) is 30.4 Å². The molecule has 0 aromatic heterocycles. The number of carboxylic acids is 2. The summed E-state index contributed by atoms with van der Waals surface area (Å²) >= 11 is 0. The Bertz CT molecular complexity index is 99.1. The third-order valence-corrected chi connectivity index (χ3v) is 0.605. The number of carboxylic acid groups (broad SMARTS) is 2. The van der Waals surface area contributed by atoms with Gasteiger partial charge in [0.05, 0.1) is 0 Å². The summed E-state index contributed by atoms with van der Waals surface area (Å²) in [7, 11) is 0. The Hall–Kier alpha value is -0.517. The summed E-state index contributed by atoms with van der Waals surface area (Å²) in [5.41, 5.74) is 0.